The van der Waals surface area contributed by atoms with Crippen LogP contribution in [0.15, 0.2) is 12.1 Å². The Balaban J connectivity index is 2.24. The first-order valence-corrected chi connectivity index (χ1v) is 12.4. The number of fused-ring (bicyclic) bond motifs is 2. The number of rotatable bonds is 10. The molecule has 0 aliphatic rings. The molecule has 0 aliphatic carbocycles. The van der Waals surface area contributed by atoms with E-state index in [1.807, 2.05) is 22.7 Å². The van der Waals surface area contributed by atoms with Crippen molar-refractivity contribution in [3.05, 3.63) is 21.9 Å². The predicted octanol–water partition coefficient (Wildman–Crippen LogP) is 8.72. The quantitative estimate of drug-likeness (QED) is 0.306. The highest BCUT2D eigenvalue weighted by atomic mass is 32.1. The van der Waals surface area contributed by atoms with Crippen molar-refractivity contribution in [2.45, 2.75) is 79.1 Å². The van der Waals surface area contributed by atoms with Gasteiger partial charge in [-0.15, -0.1) is 22.7 Å². The van der Waals surface area contributed by atoms with E-state index in [0.29, 0.717) is 11.8 Å². The molecule has 1 aromatic carbocycles. The molecule has 0 bridgehead atoms. The van der Waals surface area contributed by atoms with Gasteiger partial charge in [-0.1, -0.05) is 54.4 Å². The van der Waals surface area contributed by atoms with Crippen LogP contribution in [0, 0.1) is 0 Å². The standard InChI is InChI=1S/C24H34O2S2/c1-7-9-11-25-21-17-13-19(15(3)4)28-24(17)22(26-12-10-8-2)18-14-20(16(5)6)27-23(18)21/h13-16H,7-12H2,1-6H3. The smallest absolute Gasteiger partial charge is 0.146 e. The molecule has 0 radical (unpaired) electrons. The number of benzene rings is 1. The van der Waals surface area contributed by atoms with Crippen molar-refractivity contribution in [2.24, 2.45) is 0 Å². The Kier molecular flexibility index (Phi) is 7.27. The Bertz CT molecular complexity index is 789. The first-order chi connectivity index (χ1) is 13.5. The maximum absolute atomic E-state index is 6.40. The largest absolute Gasteiger partial charge is 0.491 e. The van der Waals surface area contributed by atoms with Gasteiger partial charge in [-0.3, -0.25) is 0 Å². The Morgan fingerprint density at radius 1 is 0.714 bits per heavy atom. The van der Waals surface area contributed by atoms with E-state index in [-0.39, 0.29) is 0 Å². The summed E-state index contributed by atoms with van der Waals surface area (Å²) in [6.07, 6.45) is 4.46. The van der Waals surface area contributed by atoms with Crippen LogP contribution in [0.5, 0.6) is 11.5 Å². The van der Waals surface area contributed by atoms with Crippen molar-refractivity contribution in [1.82, 2.24) is 0 Å². The fraction of sp³-hybridized carbons (Fsp3) is 0.583. The minimum absolute atomic E-state index is 0.508. The minimum atomic E-state index is 0.508. The van der Waals surface area contributed by atoms with E-state index in [9.17, 15) is 0 Å². The van der Waals surface area contributed by atoms with Crippen molar-refractivity contribution in [2.75, 3.05) is 13.2 Å². The van der Waals surface area contributed by atoms with Crippen molar-refractivity contribution in [3.8, 4) is 11.5 Å². The Labute approximate surface area is 177 Å². The van der Waals surface area contributed by atoms with Crippen LogP contribution in [0.3, 0.4) is 0 Å². The molecule has 0 spiro atoms. The first kappa shape index (κ1) is 21.4. The van der Waals surface area contributed by atoms with Gasteiger partial charge in [-0.2, -0.15) is 0 Å². The van der Waals surface area contributed by atoms with Crippen LogP contribution in [0.1, 0.15) is 88.8 Å². The maximum atomic E-state index is 6.40. The molecule has 0 saturated carbocycles. The fourth-order valence-corrected chi connectivity index (χ4v) is 5.57. The predicted molar refractivity (Wildman–Crippen MR) is 126 cm³/mol. The molecule has 2 aromatic heterocycles. The zero-order chi connectivity index (χ0) is 20.3. The molecule has 0 aliphatic heterocycles. The number of hydrogen-bond acceptors (Lipinski definition) is 4. The molecule has 28 heavy (non-hydrogen) atoms. The molecule has 0 atom stereocenters. The second kappa shape index (κ2) is 9.49. The molecular weight excluding hydrogens is 384 g/mol. The second-order valence-corrected chi connectivity index (χ2v) is 10.3. The van der Waals surface area contributed by atoms with Crippen LogP contribution >= 0.6 is 22.7 Å². The second-order valence-electron chi connectivity index (χ2n) is 8.15. The van der Waals surface area contributed by atoms with Crippen LogP contribution in [0.2, 0.25) is 0 Å². The van der Waals surface area contributed by atoms with Gasteiger partial charge in [0.25, 0.3) is 0 Å². The molecule has 2 nitrogen and oxygen atoms in total. The zero-order valence-electron chi connectivity index (χ0n) is 18.2. The lowest BCUT2D eigenvalue weighted by Crippen LogP contribution is -2.00. The molecular formula is C24H34O2S2. The summed E-state index contributed by atoms with van der Waals surface area (Å²) in [5.41, 5.74) is 0. The topological polar surface area (TPSA) is 18.5 Å². The average molecular weight is 419 g/mol. The summed E-state index contributed by atoms with van der Waals surface area (Å²) in [7, 11) is 0. The van der Waals surface area contributed by atoms with E-state index in [0.717, 1.165) is 50.4 Å². The van der Waals surface area contributed by atoms with Gasteiger partial charge in [0.2, 0.25) is 0 Å². The van der Waals surface area contributed by atoms with E-state index in [1.54, 1.807) is 0 Å². The lowest BCUT2D eigenvalue weighted by atomic mass is 10.1. The summed E-state index contributed by atoms with van der Waals surface area (Å²) in [6.45, 7) is 15.0. The third kappa shape index (κ3) is 4.33. The summed E-state index contributed by atoms with van der Waals surface area (Å²) >= 11 is 3.75. The molecule has 154 valence electrons. The molecule has 0 N–H and O–H groups in total. The molecule has 0 fully saturated rings. The SMILES string of the molecule is CCCCOc1c2cc(C(C)C)sc2c(OCCCC)c2cc(C(C)C)sc12. The van der Waals surface area contributed by atoms with Gasteiger partial charge in [-0.05, 0) is 36.8 Å². The normalized spacial score (nSPS) is 12.0. The molecule has 0 amide bonds. The van der Waals surface area contributed by atoms with Gasteiger partial charge >= 0.3 is 0 Å². The fourth-order valence-electron chi connectivity index (χ4n) is 3.23. The summed E-state index contributed by atoms with van der Waals surface area (Å²) < 4.78 is 15.3. The van der Waals surface area contributed by atoms with E-state index in [4.69, 9.17) is 9.47 Å². The number of thiophene rings is 2. The third-order valence-electron chi connectivity index (χ3n) is 5.03. The average Bonchev–Trinajstić information content (AvgIpc) is 3.28. The summed E-state index contributed by atoms with van der Waals surface area (Å²) in [6, 6.07) is 4.68. The number of ether oxygens (including phenoxy) is 2. The Hall–Kier alpha value is -1.26. The maximum Gasteiger partial charge on any atom is 0.146 e. The van der Waals surface area contributed by atoms with Crippen molar-refractivity contribution in [3.63, 3.8) is 0 Å². The van der Waals surface area contributed by atoms with Crippen molar-refractivity contribution < 1.29 is 9.47 Å². The van der Waals surface area contributed by atoms with E-state index in [2.05, 4.69) is 53.7 Å². The molecule has 0 saturated heterocycles. The zero-order valence-corrected chi connectivity index (χ0v) is 19.8. The summed E-state index contributed by atoms with van der Waals surface area (Å²) in [5, 5.41) is 2.47. The third-order valence-corrected chi connectivity index (χ3v) is 7.90. The van der Waals surface area contributed by atoms with Crippen LogP contribution in [0.25, 0.3) is 20.2 Å². The Morgan fingerprint density at radius 2 is 1.11 bits per heavy atom. The van der Waals surface area contributed by atoms with Gasteiger partial charge in [0.1, 0.15) is 11.5 Å². The van der Waals surface area contributed by atoms with Gasteiger partial charge in [-0.25, -0.2) is 0 Å². The van der Waals surface area contributed by atoms with Gasteiger partial charge in [0.15, 0.2) is 0 Å². The highest BCUT2D eigenvalue weighted by molar-refractivity contribution is 7.21. The molecule has 0 unspecified atom stereocenters. The monoisotopic (exact) mass is 418 g/mol. The van der Waals surface area contributed by atoms with E-state index in [1.165, 1.54) is 29.9 Å². The van der Waals surface area contributed by atoms with Gasteiger partial charge < -0.3 is 9.47 Å². The highest BCUT2D eigenvalue weighted by Gasteiger charge is 2.23. The summed E-state index contributed by atoms with van der Waals surface area (Å²) in [5.74, 6) is 3.16. The van der Waals surface area contributed by atoms with Crippen molar-refractivity contribution >= 4 is 42.8 Å². The number of hydrogen-bond donors (Lipinski definition) is 0. The molecule has 3 aromatic rings. The van der Waals surface area contributed by atoms with Gasteiger partial charge in [0, 0.05) is 20.5 Å². The first-order valence-electron chi connectivity index (χ1n) is 10.8. The van der Waals surface area contributed by atoms with Crippen LogP contribution in [-0.2, 0) is 0 Å². The van der Waals surface area contributed by atoms with E-state index >= 15 is 0 Å². The highest BCUT2D eigenvalue weighted by Crippen LogP contribution is 2.51. The lowest BCUT2D eigenvalue weighted by Gasteiger charge is -2.13. The van der Waals surface area contributed by atoms with Crippen LogP contribution in [0.4, 0.5) is 0 Å². The van der Waals surface area contributed by atoms with Gasteiger partial charge in [0.05, 0.1) is 22.6 Å². The van der Waals surface area contributed by atoms with Crippen LogP contribution in [-0.4, -0.2) is 13.2 Å². The van der Waals surface area contributed by atoms with E-state index < -0.39 is 0 Å². The number of unbranched alkanes of at least 4 members (excludes halogenated alkanes) is 2. The van der Waals surface area contributed by atoms with Crippen molar-refractivity contribution in [1.29, 1.82) is 0 Å². The Morgan fingerprint density at radius 3 is 1.43 bits per heavy atom. The summed E-state index contributed by atoms with van der Waals surface area (Å²) in [4.78, 5) is 2.80. The van der Waals surface area contributed by atoms with Crippen LogP contribution < -0.4 is 9.47 Å². The molecule has 3 rings (SSSR count). The molecule has 4 heteroatoms. The lowest BCUT2D eigenvalue weighted by molar-refractivity contribution is 0.312. The minimum Gasteiger partial charge on any atom is -0.491 e. The molecule has 2 heterocycles.